The summed E-state index contributed by atoms with van der Waals surface area (Å²) in [5, 5.41) is 0.872. The molecule has 2 aromatic rings. The van der Waals surface area contributed by atoms with Crippen LogP contribution in [0.3, 0.4) is 0 Å². The molecule has 2 heterocycles. The van der Waals surface area contributed by atoms with E-state index in [-0.39, 0.29) is 0 Å². The van der Waals surface area contributed by atoms with Crippen molar-refractivity contribution in [3.8, 4) is 17.2 Å². The smallest absolute Gasteiger partial charge is 0.163 e. The van der Waals surface area contributed by atoms with Crippen LogP contribution in [0.4, 0.5) is 0 Å². The van der Waals surface area contributed by atoms with Gasteiger partial charge in [-0.25, -0.2) is 0 Å². The minimum absolute atomic E-state index is 0.622. The minimum atomic E-state index is 0.622. The second-order valence-electron chi connectivity index (χ2n) is 6.60. The van der Waals surface area contributed by atoms with Crippen molar-refractivity contribution in [3.05, 3.63) is 48.9 Å². The maximum absolute atomic E-state index is 6.00. The average molecular weight is 415 g/mol. The number of aromatic nitrogens is 1. The SMILES string of the molecule is C=C/C=C(\C)Oc1ccnc2cc(OCCCN3CCOCC3)c(OC)cc12.CC. The van der Waals surface area contributed by atoms with E-state index in [0.29, 0.717) is 18.1 Å². The number of fused-ring (bicyclic) bond motifs is 1. The largest absolute Gasteiger partial charge is 0.493 e. The highest BCUT2D eigenvalue weighted by molar-refractivity contribution is 5.88. The first-order valence-electron chi connectivity index (χ1n) is 10.6. The molecule has 1 saturated heterocycles. The summed E-state index contributed by atoms with van der Waals surface area (Å²) in [5.74, 6) is 2.84. The van der Waals surface area contributed by atoms with E-state index in [1.807, 2.05) is 45.0 Å². The van der Waals surface area contributed by atoms with Crippen LogP contribution >= 0.6 is 0 Å². The van der Waals surface area contributed by atoms with Gasteiger partial charge in [-0.1, -0.05) is 26.5 Å². The van der Waals surface area contributed by atoms with Gasteiger partial charge in [0.1, 0.15) is 11.5 Å². The van der Waals surface area contributed by atoms with Crippen LogP contribution < -0.4 is 14.2 Å². The zero-order valence-corrected chi connectivity index (χ0v) is 18.6. The van der Waals surface area contributed by atoms with Gasteiger partial charge < -0.3 is 18.9 Å². The Kier molecular flexibility index (Phi) is 10.2. The van der Waals surface area contributed by atoms with E-state index < -0.39 is 0 Å². The Morgan fingerprint density at radius 1 is 1.20 bits per heavy atom. The minimum Gasteiger partial charge on any atom is -0.493 e. The fourth-order valence-electron chi connectivity index (χ4n) is 3.16. The fraction of sp³-hybridized carbons (Fsp3) is 0.458. The number of benzene rings is 1. The summed E-state index contributed by atoms with van der Waals surface area (Å²) in [4.78, 5) is 6.85. The van der Waals surface area contributed by atoms with Gasteiger partial charge in [-0.05, 0) is 31.6 Å². The van der Waals surface area contributed by atoms with Crippen LogP contribution in [0, 0.1) is 0 Å². The molecule has 0 bridgehead atoms. The zero-order valence-electron chi connectivity index (χ0n) is 18.6. The first kappa shape index (κ1) is 23.7. The summed E-state index contributed by atoms with van der Waals surface area (Å²) in [6.45, 7) is 14.8. The number of hydrogen-bond donors (Lipinski definition) is 0. The number of allylic oxidation sites excluding steroid dienone is 3. The van der Waals surface area contributed by atoms with Gasteiger partial charge in [-0.15, -0.1) is 0 Å². The van der Waals surface area contributed by atoms with E-state index in [1.54, 1.807) is 19.4 Å². The number of methoxy groups -OCH3 is 1. The van der Waals surface area contributed by atoms with Crippen molar-refractivity contribution >= 4 is 10.9 Å². The zero-order chi connectivity index (χ0) is 21.8. The Balaban J connectivity index is 0.00000155. The third-order valence-corrected chi connectivity index (χ3v) is 4.59. The standard InChI is InChI=1S/C22H28N2O4.C2H6/c1-4-6-17(2)28-20-7-8-23-19-16-22(21(25-3)15-18(19)20)27-12-5-9-24-10-13-26-14-11-24;1-2/h4,6-8,15-16H,1,5,9-14H2,2-3H3;1-2H3/b17-6+;. The Morgan fingerprint density at radius 3 is 2.67 bits per heavy atom. The lowest BCUT2D eigenvalue weighted by atomic mass is 10.2. The van der Waals surface area contributed by atoms with Crippen molar-refractivity contribution < 1.29 is 18.9 Å². The van der Waals surface area contributed by atoms with Crippen LogP contribution in [0.5, 0.6) is 17.2 Å². The predicted molar refractivity (Wildman–Crippen MR) is 122 cm³/mol. The molecule has 1 aliphatic rings. The van der Waals surface area contributed by atoms with Crippen molar-refractivity contribution in [2.45, 2.75) is 27.2 Å². The van der Waals surface area contributed by atoms with Gasteiger partial charge in [-0.3, -0.25) is 9.88 Å². The molecule has 6 heteroatoms. The molecule has 0 aliphatic carbocycles. The number of rotatable bonds is 9. The lowest BCUT2D eigenvalue weighted by Crippen LogP contribution is -2.37. The molecule has 1 aromatic carbocycles. The highest BCUT2D eigenvalue weighted by atomic mass is 16.5. The summed E-state index contributed by atoms with van der Waals surface area (Å²) in [5.41, 5.74) is 0.799. The van der Waals surface area contributed by atoms with E-state index in [9.17, 15) is 0 Å². The first-order valence-corrected chi connectivity index (χ1v) is 10.6. The van der Waals surface area contributed by atoms with E-state index >= 15 is 0 Å². The number of morpholine rings is 1. The molecule has 0 saturated carbocycles. The van der Waals surface area contributed by atoms with Crippen LogP contribution in [0.1, 0.15) is 27.2 Å². The van der Waals surface area contributed by atoms with Crippen molar-refractivity contribution in [3.63, 3.8) is 0 Å². The maximum Gasteiger partial charge on any atom is 0.163 e. The Hall–Kier alpha value is -2.57. The van der Waals surface area contributed by atoms with Gasteiger partial charge >= 0.3 is 0 Å². The topological polar surface area (TPSA) is 53.1 Å². The van der Waals surface area contributed by atoms with Crippen molar-refractivity contribution in [1.82, 2.24) is 9.88 Å². The molecule has 1 aliphatic heterocycles. The van der Waals surface area contributed by atoms with Crippen molar-refractivity contribution in [2.75, 3.05) is 46.6 Å². The molecule has 30 heavy (non-hydrogen) atoms. The third kappa shape index (κ3) is 6.75. The molecule has 0 atom stereocenters. The Labute approximate surface area is 180 Å². The van der Waals surface area contributed by atoms with Gasteiger partial charge in [0.25, 0.3) is 0 Å². The summed E-state index contributed by atoms with van der Waals surface area (Å²) < 4.78 is 22.8. The second-order valence-corrected chi connectivity index (χ2v) is 6.60. The van der Waals surface area contributed by atoms with Crippen LogP contribution in [-0.4, -0.2) is 56.4 Å². The number of ether oxygens (including phenoxy) is 4. The molecule has 0 amide bonds. The lowest BCUT2D eigenvalue weighted by molar-refractivity contribution is 0.0357. The van der Waals surface area contributed by atoms with E-state index in [0.717, 1.165) is 61.7 Å². The van der Waals surface area contributed by atoms with Gasteiger partial charge in [0.15, 0.2) is 11.5 Å². The first-order chi connectivity index (χ1) is 14.7. The van der Waals surface area contributed by atoms with Gasteiger partial charge in [0.05, 0.1) is 32.4 Å². The molecule has 1 aromatic heterocycles. The second kappa shape index (κ2) is 12.9. The predicted octanol–water partition coefficient (Wildman–Crippen LogP) is 4.84. The van der Waals surface area contributed by atoms with Crippen LogP contribution in [-0.2, 0) is 4.74 Å². The summed E-state index contributed by atoms with van der Waals surface area (Å²) >= 11 is 0. The average Bonchev–Trinajstić information content (AvgIpc) is 2.78. The quantitative estimate of drug-likeness (QED) is 0.332. The third-order valence-electron chi connectivity index (χ3n) is 4.59. The summed E-state index contributed by atoms with van der Waals surface area (Å²) in [7, 11) is 1.64. The van der Waals surface area contributed by atoms with Gasteiger partial charge in [-0.2, -0.15) is 0 Å². The molecule has 0 unspecified atom stereocenters. The highest BCUT2D eigenvalue weighted by Gasteiger charge is 2.13. The molecule has 6 nitrogen and oxygen atoms in total. The molecule has 0 N–H and O–H groups in total. The maximum atomic E-state index is 6.00. The molecular formula is C24H34N2O4. The molecule has 1 fully saturated rings. The van der Waals surface area contributed by atoms with Gasteiger partial charge in [0, 0.05) is 37.3 Å². The Morgan fingerprint density at radius 2 is 1.97 bits per heavy atom. The Bertz CT molecular complexity index is 829. The van der Waals surface area contributed by atoms with Crippen LogP contribution in [0.2, 0.25) is 0 Å². The highest BCUT2D eigenvalue weighted by Crippen LogP contribution is 2.36. The van der Waals surface area contributed by atoms with Crippen molar-refractivity contribution in [1.29, 1.82) is 0 Å². The van der Waals surface area contributed by atoms with E-state index in [2.05, 4.69) is 16.5 Å². The number of pyridine rings is 1. The summed E-state index contributed by atoms with van der Waals surface area (Å²) in [6.07, 6.45) is 6.19. The summed E-state index contributed by atoms with van der Waals surface area (Å²) in [6, 6.07) is 5.66. The van der Waals surface area contributed by atoms with Gasteiger partial charge in [0.2, 0.25) is 0 Å². The van der Waals surface area contributed by atoms with Crippen LogP contribution in [0.25, 0.3) is 10.9 Å². The number of nitrogens with zero attached hydrogens (tertiary/aromatic N) is 2. The lowest BCUT2D eigenvalue weighted by Gasteiger charge is -2.26. The normalized spacial score (nSPS) is 14.6. The fourth-order valence-corrected chi connectivity index (χ4v) is 3.16. The molecular weight excluding hydrogens is 380 g/mol. The number of hydrogen-bond acceptors (Lipinski definition) is 6. The monoisotopic (exact) mass is 414 g/mol. The van der Waals surface area contributed by atoms with E-state index in [1.165, 1.54) is 0 Å². The molecule has 3 rings (SSSR count). The van der Waals surface area contributed by atoms with E-state index in [4.69, 9.17) is 18.9 Å². The molecule has 164 valence electrons. The van der Waals surface area contributed by atoms with Crippen molar-refractivity contribution in [2.24, 2.45) is 0 Å². The molecule has 0 radical (unpaired) electrons. The molecule has 0 spiro atoms. The van der Waals surface area contributed by atoms with Crippen LogP contribution in [0.15, 0.2) is 48.9 Å².